The maximum Gasteiger partial charge on any atom is 0.307 e. The summed E-state index contributed by atoms with van der Waals surface area (Å²) in [6, 6.07) is 0. The fraction of sp³-hybridized carbons (Fsp3) is 0.615. The van der Waals surface area contributed by atoms with Crippen LogP contribution in [0, 0.1) is 12.8 Å². The minimum absolute atomic E-state index is 0.132. The summed E-state index contributed by atoms with van der Waals surface area (Å²) in [5, 5.41) is 12.3. The second-order valence-corrected chi connectivity index (χ2v) is 6.19. The minimum Gasteiger partial charge on any atom is -0.481 e. The van der Waals surface area contributed by atoms with Crippen molar-refractivity contribution in [1.82, 2.24) is 9.88 Å². The average molecular weight is 297 g/mol. The van der Waals surface area contributed by atoms with E-state index in [0.29, 0.717) is 24.6 Å². The summed E-state index contributed by atoms with van der Waals surface area (Å²) >= 11 is 1.47. The summed E-state index contributed by atoms with van der Waals surface area (Å²) in [6.07, 6.45) is 1.46. The lowest BCUT2D eigenvalue weighted by Gasteiger charge is -2.13. The van der Waals surface area contributed by atoms with E-state index in [1.807, 2.05) is 18.7 Å². The number of hydrogen-bond donors (Lipinski definition) is 2. The number of carbonyl (C=O) groups is 2. The van der Waals surface area contributed by atoms with Crippen molar-refractivity contribution in [3.63, 3.8) is 0 Å². The number of thiazole rings is 1. The third-order valence-corrected chi connectivity index (χ3v) is 4.39. The Morgan fingerprint density at radius 2 is 2.30 bits per heavy atom. The molecule has 0 aliphatic carbocycles. The molecule has 2 heterocycles. The first-order valence-electron chi connectivity index (χ1n) is 6.71. The maximum absolute atomic E-state index is 11.9. The Morgan fingerprint density at radius 3 is 2.85 bits per heavy atom. The van der Waals surface area contributed by atoms with Gasteiger partial charge in [0, 0.05) is 11.4 Å². The van der Waals surface area contributed by atoms with Gasteiger partial charge >= 0.3 is 5.97 Å². The van der Waals surface area contributed by atoms with Gasteiger partial charge in [-0.3, -0.25) is 14.5 Å². The predicted octanol–water partition coefficient (Wildman–Crippen LogP) is 1.36. The van der Waals surface area contributed by atoms with Crippen molar-refractivity contribution in [2.24, 2.45) is 5.92 Å². The number of aliphatic carboxylic acids is 1. The Morgan fingerprint density at radius 1 is 1.55 bits per heavy atom. The highest BCUT2D eigenvalue weighted by atomic mass is 32.1. The van der Waals surface area contributed by atoms with Crippen molar-refractivity contribution in [2.45, 2.75) is 26.7 Å². The largest absolute Gasteiger partial charge is 0.481 e. The maximum atomic E-state index is 11.9. The van der Waals surface area contributed by atoms with Crippen LogP contribution in [0.5, 0.6) is 0 Å². The first kappa shape index (κ1) is 14.9. The van der Waals surface area contributed by atoms with E-state index in [4.69, 9.17) is 5.11 Å². The quantitative estimate of drug-likeness (QED) is 0.857. The molecule has 7 heteroatoms. The summed E-state index contributed by atoms with van der Waals surface area (Å²) in [6.45, 7) is 5.35. The topological polar surface area (TPSA) is 82.5 Å². The third kappa shape index (κ3) is 3.55. The van der Waals surface area contributed by atoms with Gasteiger partial charge in [-0.15, -0.1) is 11.3 Å². The summed E-state index contributed by atoms with van der Waals surface area (Å²) in [5.41, 5.74) is 1.01. The molecule has 1 unspecified atom stereocenters. The van der Waals surface area contributed by atoms with Gasteiger partial charge in [0.25, 0.3) is 0 Å². The van der Waals surface area contributed by atoms with Gasteiger partial charge in [-0.25, -0.2) is 4.98 Å². The van der Waals surface area contributed by atoms with Crippen LogP contribution in [-0.4, -0.2) is 46.5 Å². The summed E-state index contributed by atoms with van der Waals surface area (Å²) in [5.74, 6) is -1.26. The number of aromatic nitrogens is 1. The Bertz CT molecular complexity index is 515. The molecule has 1 atom stereocenters. The minimum atomic E-state index is -0.781. The van der Waals surface area contributed by atoms with Crippen LogP contribution in [-0.2, 0) is 16.0 Å². The Labute approximate surface area is 121 Å². The number of carbonyl (C=O) groups excluding carboxylic acids is 1. The Kier molecular flexibility index (Phi) is 4.72. The second kappa shape index (κ2) is 6.32. The molecule has 0 bridgehead atoms. The monoisotopic (exact) mass is 297 g/mol. The molecular weight excluding hydrogens is 278 g/mol. The fourth-order valence-electron chi connectivity index (χ4n) is 2.35. The number of hydrogen-bond acceptors (Lipinski definition) is 5. The second-order valence-electron chi connectivity index (χ2n) is 4.98. The number of likely N-dealkylation sites (tertiary alicyclic amines) is 1. The first-order chi connectivity index (χ1) is 9.49. The van der Waals surface area contributed by atoms with Crippen molar-refractivity contribution in [1.29, 1.82) is 0 Å². The van der Waals surface area contributed by atoms with Crippen molar-refractivity contribution in [3.05, 3.63) is 10.6 Å². The molecule has 1 saturated heterocycles. The molecule has 1 fully saturated rings. The van der Waals surface area contributed by atoms with Crippen LogP contribution in [0.3, 0.4) is 0 Å². The van der Waals surface area contributed by atoms with Crippen molar-refractivity contribution in [2.75, 3.05) is 25.0 Å². The molecule has 1 aromatic rings. The average Bonchev–Trinajstić information content (AvgIpc) is 2.96. The molecule has 1 amide bonds. The molecule has 2 N–H and O–H groups in total. The highest BCUT2D eigenvalue weighted by molar-refractivity contribution is 7.15. The fourth-order valence-corrected chi connectivity index (χ4v) is 3.27. The molecule has 6 nitrogen and oxygen atoms in total. The van der Waals surface area contributed by atoms with E-state index in [1.165, 1.54) is 11.3 Å². The molecule has 110 valence electrons. The van der Waals surface area contributed by atoms with Gasteiger partial charge in [-0.2, -0.15) is 0 Å². The van der Waals surface area contributed by atoms with Gasteiger partial charge in [-0.05, 0) is 26.3 Å². The van der Waals surface area contributed by atoms with Crippen LogP contribution in [0.4, 0.5) is 5.13 Å². The zero-order valence-corrected chi connectivity index (χ0v) is 12.5. The van der Waals surface area contributed by atoms with Gasteiger partial charge < -0.3 is 10.4 Å². The molecule has 0 aromatic carbocycles. The molecule has 0 saturated carbocycles. The number of nitrogens with zero attached hydrogens (tertiary/aromatic N) is 2. The van der Waals surface area contributed by atoms with Gasteiger partial charge in [0.1, 0.15) is 0 Å². The van der Waals surface area contributed by atoms with Crippen molar-refractivity contribution < 1.29 is 14.7 Å². The van der Waals surface area contributed by atoms with E-state index in [2.05, 4.69) is 10.3 Å². The zero-order chi connectivity index (χ0) is 14.7. The lowest BCUT2D eigenvalue weighted by Crippen LogP contribution is -2.32. The molecule has 20 heavy (non-hydrogen) atoms. The van der Waals surface area contributed by atoms with Crippen molar-refractivity contribution in [3.8, 4) is 0 Å². The van der Waals surface area contributed by atoms with Crippen LogP contribution in [0.1, 0.15) is 23.9 Å². The number of anilines is 1. The normalized spacial score (nSPS) is 19.2. The van der Waals surface area contributed by atoms with Gasteiger partial charge in [0.2, 0.25) is 5.91 Å². The third-order valence-electron chi connectivity index (χ3n) is 3.46. The Balaban J connectivity index is 1.85. The van der Waals surface area contributed by atoms with Gasteiger partial charge in [0.05, 0.1) is 18.2 Å². The van der Waals surface area contributed by atoms with Crippen LogP contribution in [0.2, 0.25) is 0 Å². The zero-order valence-electron chi connectivity index (χ0n) is 11.7. The van der Waals surface area contributed by atoms with E-state index in [1.54, 1.807) is 0 Å². The number of aryl methyl sites for hydroxylation is 2. The predicted molar refractivity (Wildman–Crippen MR) is 77.0 cm³/mol. The SMILES string of the molecule is CCc1nc(NC(=O)CN2CCC(C(=O)O)C2)sc1C. The van der Waals surface area contributed by atoms with Gasteiger partial charge in [-0.1, -0.05) is 6.92 Å². The van der Waals surface area contributed by atoms with Crippen LogP contribution in [0.15, 0.2) is 0 Å². The van der Waals surface area contributed by atoms with Crippen LogP contribution in [0.25, 0.3) is 0 Å². The van der Waals surface area contributed by atoms with E-state index < -0.39 is 5.97 Å². The van der Waals surface area contributed by atoms with E-state index in [9.17, 15) is 9.59 Å². The number of amides is 1. The highest BCUT2D eigenvalue weighted by Crippen LogP contribution is 2.22. The van der Waals surface area contributed by atoms with Crippen molar-refractivity contribution >= 4 is 28.3 Å². The number of nitrogens with one attached hydrogen (secondary N) is 1. The summed E-state index contributed by atoms with van der Waals surface area (Å²) in [7, 11) is 0. The smallest absolute Gasteiger partial charge is 0.307 e. The van der Waals surface area contributed by atoms with Gasteiger partial charge in [0.15, 0.2) is 5.13 Å². The lowest BCUT2D eigenvalue weighted by molar-refractivity contribution is -0.141. The first-order valence-corrected chi connectivity index (χ1v) is 7.52. The molecule has 1 aliphatic heterocycles. The number of carboxylic acids is 1. The van der Waals surface area contributed by atoms with E-state index in [-0.39, 0.29) is 18.4 Å². The molecule has 1 aliphatic rings. The van der Waals surface area contributed by atoms with Crippen LogP contribution >= 0.6 is 11.3 Å². The molecular formula is C13H19N3O3S. The summed E-state index contributed by atoms with van der Waals surface area (Å²) in [4.78, 5) is 30.1. The van der Waals surface area contributed by atoms with Crippen LogP contribution < -0.4 is 5.32 Å². The standard InChI is InChI=1S/C13H19N3O3S/c1-3-10-8(2)20-13(14-10)15-11(17)7-16-5-4-9(6-16)12(18)19/h9H,3-7H2,1-2H3,(H,18,19)(H,14,15,17). The van der Waals surface area contributed by atoms with E-state index in [0.717, 1.165) is 17.0 Å². The molecule has 0 spiro atoms. The molecule has 1 aromatic heterocycles. The lowest BCUT2D eigenvalue weighted by atomic mass is 10.1. The Hall–Kier alpha value is -1.47. The number of rotatable bonds is 5. The van der Waals surface area contributed by atoms with E-state index >= 15 is 0 Å². The highest BCUT2D eigenvalue weighted by Gasteiger charge is 2.29. The number of carboxylic acid groups (broad SMARTS) is 1. The molecule has 0 radical (unpaired) electrons. The molecule has 2 rings (SSSR count). The summed E-state index contributed by atoms with van der Waals surface area (Å²) < 4.78 is 0.